The second-order valence-corrected chi connectivity index (χ2v) is 5.72. The zero-order valence-corrected chi connectivity index (χ0v) is 14.8. The molecule has 2 rings (SSSR count). The number of carbonyl (C=O) groups is 3. The van der Waals surface area contributed by atoms with E-state index < -0.39 is 11.9 Å². The number of methoxy groups -OCH3 is 1. The average Bonchev–Trinajstić information content (AvgIpc) is 2.66. The molecule has 1 aromatic carbocycles. The Morgan fingerprint density at radius 1 is 1.15 bits per heavy atom. The molecule has 7 heteroatoms. The van der Waals surface area contributed by atoms with E-state index >= 15 is 0 Å². The summed E-state index contributed by atoms with van der Waals surface area (Å²) in [6, 6.07) is 10.1. The largest absolute Gasteiger partial charge is 0.465 e. The van der Waals surface area contributed by atoms with Crippen LogP contribution in [0.25, 0.3) is 0 Å². The number of rotatable bonds is 7. The van der Waals surface area contributed by atoms with Gasteiger partial charge in [0.2, 0.25) is 11.8 Å². The molecule has 1 N–H and O–H groups in total. The lowest BCUT2D eigenvalue weighted by Gasteiger charge is -2.17. The molecule has 1 heterocycles. The molecular weight excluding hydrogens is 334 g/mol. The first-order valence-corrected chi connectivity index (χ1v) is 8.10. The third-order valence-corrected chi connectivity index (χ3v) is 3.79. The van der Waals surface area contributed by atoms with Crippen LogP contribution in [0.5, 0.6) is 0 Å². The first kappa shape index (κ1) is 19.1. The smallest absolute Gasteiger partial charge is 0.337 e. The summed E-state index contributed by atoms with van der Waals surface area (Å²) < 4.78 is 4.64. The Hall–Kier alpha value is -3.22. The van der Waals surface area contributed by atoms with Crippen molar-refractivity contribution in [3.63, 3.8) is 0 Å². The minimum Gasteiger partial charge on any atom is -0.465 e. The SMILES string of the molecule is COC(=O)c1cccc(NC(=O)CC(=O)N(C)CCc2ccncc2)c1. The molecule has 2 amide bonds. The summed E-state index contributed by atoms with van der Waals surface area (Å²) in [4.78, 5) is 41.2. The van der Waals surface area contributed by atoms with Crippen LogP contribution in [0, 0.1) is 0 Å². The van der Waals surface area contributed by atoms with Crippen LogP contribution in [0.4, 0.5) is 5.69 Å². The van der Waals surface area contributed by atoms with Crippen molar-refractivity contribution >= 4 is 23.5 Å². The highest BCUT2D eigenvalue weighted by atomic mass is 16.5. The molecule has 2 aromatic rings. The van der Waals surface area contributed by atoms with Gasteiger partial charge in [-0.05, 0) is 42.3 Å². The molecule has 7 nitrogen and oxygen atoms in total. The number of aromatic nitrogens is 1. The van der Waals surface area contributed by atoms with E-state index in [1.54, 1.807) is 37.6 Å². The van der Waals surface area contributed by atoms with Gasteiger partial charge in [-0.3, -0.25) is 14.6 Å². The molecule has 0 atom stereocenters. The number of nitrogens with zero attached hydrogens (tertiary/aromatic N) is 2. The molecule has 0 spiro atoms. The molecular formula is C19H21N3O4. The van der Waals surface area contributed by atoms with Crippen LogP contribution >= 0.6 is 0 Å². The summed E-state index contributed by atoms with van der Waals surface area (Å²) in [5.41, 5.74) is 1.83. The first-order chi connectivity index (χ1) is 12.5. The van der Waals surface area contributed by atoms with Gasteiger partial charge < -0.3 is 15.0 Å². The van der Waals surface area contributed by atoms with Crippen molar-refractivity contribution in [1.82, 2.24) is 9.88 Å². The summed E-state index contributed by atoms with van der Waals surface area (Å²) in [6.45, 7) is 0.508. The molecule has 0 bridgehead atoms. The summed E-state index contributed by atoms with van der Waals surface area (Å²) >= 11 is 0. The van der Waals surface area contributed by atoms with Gasteiger partial charge in [0.15, 0.2) is 0 Å². The molecule has 0 unspecified atom stereocenters. The summed E-state index contributed by atoms with van der Waals surface area (Å²) in [6.07, 6.45) is 3.82. The maximum absolute atomic E-state index is 12.2. The number of nitrogens with one attached hydrogen (secondary N) is 1. The summed E-state index contributed by atoms with van der Waals surface area (Å²) in [7, 11) is 2.95. The lowest BCUT2D eigenvalue weighted by Crippen LogP contribution is -2.32. The molecule has 136 valence electrons. The zero-order valence-electron chi connectivity index (χ0n) is 14.8. The second-order valence-electron chi connectivity index (χ2n) is 5.72. The number of carbonyl (C=O) groups excluding carboxylic acids is 3. The number of benzene rings is 1. The number of likely N-dealkylation sites (N-methyl/N-ethyl adjacent to an activating group) is 1. The maximum atomic E-state index is 12.2. The number of hydrogen-bond donors (Lipinski definition) is 1. The Labute approximate surface area is 152 Å². The van der Waals surface area contributed by atoms with E-state index in [1.165, 1.54) is 18.1 Å². The molecule has 0 fully saturated rings. The predicted octanol–water partition coefficient (Wildman–Crippen LogP) is 1.90. The maximum Gasteiger partial charge on any atom is 0.337 e. The normalized spacial score (nSPS) is 10.1. The van der Waals surface area contributed by atoms with Crippen LogP contribution < -0.4 is 5.32 Å². The van der Waals surface area contributed by atoms with Gasteiger partial charge >= 0.3 is 5.97 Å². The number of anilines is 1. The van der Waals surface area contributed by atoms with Crippen molar-refractivity contribution in [3.05, 3.63) is 59.9 Å². The van der Waals surface area contributed by atoms with E-state index in [9.17, 15) is 14.4 Å². The minimum absolute atomic E-state index is 0.269. The van der Waals surface area contributed by atoms with Crippen molar-refractivity contribution in [2.24, 2.45) is 0 Å². The third kappa shape index (κ3) is 5.70. The average molecular weight is 355 g/mol. The standard InChI is InChI=1S/C19H21N3O4/c1-22(11-8-14-6-9-20-10-7-14)18(24)13-17(23)21-16-5-3-4-15(12-16)19(25)26-2/h3-7,9-10,12H,8,11,13H2,1-2H3,(H,21,23). The van der Waals surface area contributed by atoms with Crippen molar-refractivity contribution in [1.29, 1.82) is 0 Å². The quantitative estimate of drug-likeness (QED) is 0.605. The fourth-order valence-electron chi connectivity index (χ4n) is 2.29. The summed E-state index contributed by atoms with van der Waals surface area (Å²) in [5, 5.41) is 2.62. The van der Waals surface area contributed by atoms with Gasteiger partial charge in [0.25, 0.3) is 0 Å². The predicted molar refractivity (Wildman–Crippen MR) is 96.6 cm³/mol. The van der Waals surface area contributed by atoms with E-state index in [4.69, 9.17) is 0 Å². The van der Waals surface area contributed by atoms with Gasteiger partial charge in [-0.25, -0.2) is 4.79 Å². The van der Waals surface area contributed by atoms with Crippen molar-refractivity contribution in [2.45, 2.75) is 12.8 Å². The number of ether oxygens (including phenoxy) is 1. The highest BCUT2D eigenvalue weighted by Gasteiger charge is 2.15. The van der Waals surface area contributed by atoms with E-state index in [0.717, 1.165) is 5.56 Å². The number of pyridine rings is 1. The monoisotopic (exact) mass is 355 g/mol. The highest BCUT2D eigenvalue weighted by Crippen LogP contribution is 2.12. The van der Waals surface area contributed by atoms with Gasteiger partial charge in [0, 0.05) is 31.7 Å². The van der Waals surface area contributed by atoms with Gasteiger partial charge in [-0.15, -0.1) is 0 Å². The van der Waals surface area contributed by atoms with Crippen LogP contribution in [0.2, 0.25) is 0 Å². The first-order valence-electron chi connectivity index (χ1n) is 8.10. The second kappa shape index (κ2) is 9.31. The minimum atomic E-state index is -0.493. The Kier molecular flexibility index (Phi) is 6.84. The van der Waals surface area contributed by atoms with Crippen molar-refractivity contribution < 1.29 is 19.1 Å². The van der Waals surface area contributed by atoms with Gasteiger partial charge in [-0.2, -0.15) is 0 Å². The van der Waals surface area contributed by atoms with Crippen LogP contribution in [0.15, 0.2) is 48.8 Å². The highest BCUT2D eigenvalue weighted by molar-refractivity contribution is 6.04. The molecule has 0 aliphatic carbocycles. The van der Waals surface area contributed by atoms with Gasteiger partial charge in [0.1, 0.15) is 6.42 Å². The molecule has 0 aliphatic heterocycles. The van der Waals surface area contributed by atoms with Crippen LogP contribution in [0.3, 0.4) is 0 Å². The van der Waals surface area contributed by atoms with Crippen molar-refractivity contribution in [3.8, 4) is 0 Å². The molecule has 0 saturated carbocycles. The third-order valence-electron chi connectivity index (χ3n) is 3.79. The fraction of sp³-hybridized carbons (Fsp3) is 0.263. The van der Waals surface area contributed by atoms with Crippen LogP contribution in [-0.2, 0) is 20.7 Å². The van der Waals surface area contributed by atoms with E-state index in [0.29, 0.717) is 24.2 Å². The zero-order chi connectivity index (χ0) is 18.9. The lowest BCUT2D eigenvalue weighted by atomic mass is 10.2. The van der Waals surface area contributed by atoms with Crippen LogP contribution in [-0.4, -0.2) is 48.4 Å². The number of esters is 1. The fourth-order valence-corrected chi connectivity index (χ4v) is 2.29. The molecule has 0 radical (unpaired) electrons. The van der Waals surface area contributed by atoms with Gasteiger partial charge in [0.05, 0.1) is 12.7 Å². The van der Waals surface area contributed by atoms with Crippen LogP contribution in [0.1, 0.15) is 22.3 Å². The molecule has 0 aliphatic rings. The Morgan fingerprint density at radius 2 is 1.88 bits per heavy atom. The van der Waals surface area contributed by atoms with E-state index in [1.807, 2.05) is 12.1 Å². The molecule has 1 aromatic heterocycles. The van der Waals surface area contributed by atoms with Crippen molar-refractivity contribution in [2.75, 3.05) is 26.0 Å². The van der Waals surface area contributed by atoms with E-state index in [2.05, 4.69) is 15.0 Å². The van der Waals surface area contributed by atoms with Gasteiger partial charge in [-0.1, -0.05) is 6.07 Å². The summed E-state index contributed by atoms with van der Waals surface area (Å²) in [5.74, 6) is -1.21. The Balaban J connectivity index is 1.84. The Morgan fingerprint density at radius 3 is 2.58 bits per heavy atom. The Bertz CT molecular complexity index is 777. The number of hydrogen-bond acceptors (Lipinski definition) is 5. The molecule has 0 saturated heterocycles. The lowest BCUT2D eigenvalue weighted by molar-refractivity contribution is -0.133. The molecule has 26 heavy (non-hydrogen) atoms. The van der Waals surface area contributed by atoms with E-state index in [-0.39, 0.29) is 12.3 Å². The topological polar surface area (TPSA) is 88.6 Å². The number of amides is 2.